The number of nitrogens with zero attached hydrogens (tertiary/aromatic N) is 4. The van der Waals surface area contributed by atoms with Crippen LogP contribution < -0.4 is 5.32 Å². The molecule has 1 N–H and O–H groups in total. The Morgan fingerprint density at radius 1 is 0.939 bits per heavy atom. The standard InChI is InChI=1S/C24H41N5O4/c1-18(2)21(26(3)22(31)15-25-17-30)16-28-13-7-9-19(28)24(33)29-14-8-10-20(29)23(32)27-11-5-4-6-12-27/h17-21H,4-16H2,1-3H3,(H,25,30)/t19-,20?,21+/m0/s1. The van der Waals surface area contributed by atoms with E-state index in [0.717, 1.165) is 58.2 Å². The molecule has 0 bridgehead atoms. The lowest BCUT2D eigenvalue weighted by atomic mass is 10.0. The van der Waals surface area contributed by atoms with Crippen molar-refractivity contribution in [2.24, 2.45) is 5.92 Å². The largest absolute Gasteiger partial charge is 0.350 e. The number of piperidine rings is 1. The molecule has 3 aliphatic rings. The molecule has 3 rings (SSSR count). The van der Waals surface area contributed by atoms with Crippen molar-refractivity contribution in [3.05, 3.63) is 0 Å². The van der Waals surface area contributed by atoms with Gasteiger partial charge in [-0.3, -0.25) is 24.1 Å². The molecule has 186 valence electrons. The molecular formula is C24H41N5O4. The molecule has 1 unspecified atom stereocenters. The second-order valence-corrected chi connectivity index (χ2v) is 10.0. The highest BCUT2D eigenvalue weighted by Crippen LogP contribution is 2.27. The van der Waals surface area contributed by atoms with Crippen molar-refractivity contribution in [1.82, 2.24) is 24.9 Å². The predicted molar refractivity (Wildman–Crippen MR) is 125 cm³/mol. The molecule has 3 saturated heterocycles. The Labute approximate surface area is 197 Å². The van der Waals surface area contributed by atoms with Crippen molar-refractivity contribution in [3.8, 4) is 0 Å². The lowest BCUT2D eigenvalue weighted by Crippen LogP contribution is -2.56. The number of likely N-dealkylation sites (N-methyl/N-ethyl adjacent to an activating group) is 1. The Hall–Kier alpha value is -2.16. The zero-order valence-electron chi connectivity index (χ0n) is 20.5. The molecule has 9 nitrogen and oxygen atoms in total. The van der Waals surface area contributed by atoms with Crippen molar-refractivity contribution in [2.45, 2.75) is 76.9 Å². The van der Waals surface area contributed by atoms with E-state index in [9.17, 15) is 19.2 Å². The Balaban J connectivity index is 1.66. The number of carbonyl (C=O) groups is 4. The molecule has 0 aromatic carbocycles. The summed E-state index contributed by atoms with van der Waals surface area (Å²) >= 11 is 0. The smallest absolute Gasteiger partial charge is 0.245 e. The number of nitrogens with one attached hydrogen (secondary N) is 1. The first-order valence-corrected chi connectivity index (χ1v) is 12.6. The van der Waals surface area contributed by atoms with Gasteiger partial charge < -0.3 is 20.0 Å². The molecule has 3 fully saturated rings. The molecule has 0 spiro atoms. The number of hydrogen-bond acceptors (Lipinski definition) is 5. The quantitative estimate of drug-likeness (QED) is 0.508. The van der Waals surface area contributed by atoms with Gasteiger partial charge >= 0.3 is 0 Å². The summed E-state index contributed by atoms with van der Waals surface area (Å²) in [4.78, 5) is 57.6. The molecule has 3 atom stereocenters. The molecule has 0 saturated carbocycles. The average molecular weight is 464 g/mol. The molecule has 0 radical (unpaired) electrons. The van der Waals surface area contributed by atoms with Gasteiger partial charge in [0.05, 0.1) is 12.6 Å². The Morgan fingerprint density at radius 2 is 1.61 bits per heavy atom. The normalized spacial score (nSPS) is 24.7. The van der Waals surface area contributed by atoms with Crippen LogP contribution in [-0.2, 0) is 19.2 Å². The van der Waals surface area contributed by atoms with Crippen LogP contribution in [0, 0.1) is 5.92 Å². The summed E-state index contributed by atoms with van der Waals surface area (Å²) in [5.41, 5.74) is 0. The molecule has 0 aliphatic carbocycles. The van der Waals surface area contributed by atoms with Gasteiger partial charge in [-0.2, -0.15) is 0 Å². The average Bonchev–Trinajstić information content (AvgIpc) is 3.49. The third-order valence-corrected chi connectivity index (χ3v) is 7.56. The first-order valence-electron chi connectivity index (χ1n) is 12.6. The Morgan fingerprint density at radius 3 is 2.27 bits per heavy atom. The van der Waals surface area contributed by atoms with Crippen LogP contribution in [0.3, 0.4) is 0 Å². The van der Waals surface area contributed by atoms with Gasteiger partial charge in [0.2, 0.25) is 24.1 Å². The van der Waals surface area contributed by atoms with E-state index in [1.807, 2.05) is 9.80 Å². The van der Waals surface area contributed by atoms with Crippen LogP contribution >= 0.6 is 0 Å². The molecule has 3 aliphatic heterocycles. The highest BCUT2D eigenvalue weighted by molar-refractivity contribution is 5.90. The summed E-state index contributed by atoms with van der Waals surface area (Å²) in [6, 6.07) is -0.626. The fraction of sp³-hybridized carbons (Fsp3) is 0.833. The SMILES string of the molecule is CC(C)[C@@H](CN1CCC[C@H]1C(=O)N1CCCC1C(=O)N1CCCCC1)N(C)C(=O)CNC=O. The summed E-state index contributed by atoms with van der Waals surface area (Å²) in [5.74, 6) is 0.249. The molecule has 3 heterocycles. The fourth-order valence-corrected chi connectivity index (χ4v) is 5.59. The first-order chi connectivity index (χ1) is 15.8. The van der Waals surface area contributed by atoms with E-state index in [4.69, 9.17) is 0 Å². The zero-order chi connectivity index (χ0) is 24.0. The molecular weight excluding hydrogens is 422 g/mol. The van der Waals surface area contributed by atoms with Gasteiger partial charge in [0, 0.05) is 39.3 Å². The predicted octanol–water partition coefficient (Wildman–Crippen LogP) is 0.683. The second kappa shape index (κ2) is 11.8. The molecule has 4 amide bonds. The fourth-order valence-electron chi connectivity index (χ4n) is 5.59. The minimum absolute atomic E-state index is 0.0281. The van der Waals surface area contributed by atoms with Crippen molar-refractivity contribution < 1.29 is 19.2 Å². The van der Waals surface area contributed by atoms with Gasteiger partial charge in [-0.15, -0.1) is 0 Å². The van der Waals surface area contributed by atoms with Gasteiger partial charge in [-0.25, -0.2) is 0 Å². The van der Waals surface area contributed by atoms with Gasteiger partial charge in [0.15, 0.2) is 0 Å². The van der Waals surface area contributed by atoms with E-state index >= 15 is 0 Å². The monoisotopic (exact) mass is 463 g/mol. The van der Waals surface area contributed by atoms with Gasteiger partial charge in [0.1, 0.15) is 6.04 Å². The first kappa shape index (κ1) is 25.5. The highest BCUT2D eigenvalue weighted by atomic mass is 16.2. The van der Waals surface area contributed by atoms with Crippen molar-refractivity contribution in [2.75, 3.05) is 46.3 Å². The highest BCUT2D eigenvalue weighted by Gasteiger charge is 2.42. The third-order valence-electron chi connectivity index (χ3n) is 7.56. The zero-order valence-corrected chi connectivity index (χ0v) is 20.5. The number of likely N-dealkylation sites (tertiary alicyclic amines) is 3. The van der Waals surface area contributed by atoms with E-state index in [0.29, 0.717) is 19.5 Å². The summed E-state index contributed by atoms with van der Waals surface area (Å²) in [7, 11) is 1.76. The van der Waals surface area contributed by atoms with Crippen molar-refractivity contribution >= 4 is 24.1 Å². The van der Waals surface area contributed by atoms with Crippen LogP contribution in [0.25, 0.3) is 0 Å². The lowest BCUT2D eigenvalue weighted by Gasteiger charge is -2.38. The molecule has 9 heteroatoms. The Bertz CT molecular complexity index is 709. The van der Waals surface area contributed by atoms with Crippen LogP contribution in [0.5, 0.6) is 0 Å². The third kappa shape index (κ3) is 6.05. The van der Waals surface area contributed by atoms with Gasteiger partial charge in [0.25, 0.3) is 0 Å². The number of hydrogen-bond donors (Lipinski definition) is 1. The maximum absolute atomic E-state index is 13.6. The summed E-state index contributed by atoms with van der Waals surface area (Å²) in [6.45, 7) is 7.80. The number of amides is 4. The van der Waals surface area contributed by atoms with Crippen LogP contribution in [0.1, 0.15) is 58.8 Å². The molecule has 0 aromatic heterocycles. The van der Waals surface area contributed by atoms with E-state index in [2.05, 4.69) is 24.1 Å². The lowest BCUT2D eigenvalue weighted by molar-refractivity contribution is -0.147. The van der Waals surface area contributed by atoms with E-state index in [-0.39, 0.29) is 48.3 Å². The summed E-state index contributed by atoms with van der Waals surface area (Å²) in [5, 5.41) is 2.44. The van der Waals surface area contributed by atoms with Crippen LogP contribution in [0.2, 0.25) is 0 Å². The van der Waals surface area contributed by atoms with Crippen molar-refractivity contribution in [1.29, 1.82) is 0 Å². The number of rotatable bonds is 9. The summed E-state index contributed by atoms with van der Waals surface area (Å²) in [6.07, 6.45) is 7.15. The maximum Gasteiger partial charge on any atom is 0.245 e. The molecule has 33 heavy (non-hydrogen) atoms. The van der Waals surface area contributed by atoms with Gasteiger partial charge in [-0.1, -0.05) is 13.8 Å². The summed E-state index contributed by atoms with van der Waals surface area (Å²) < 4.78 is 0. The number of carbonyl (C=O) groups excluding carboxylic acids is 4. The van der Waals surface area contributed by atoms with E-state index in [1.54, 1.807) is 11.9 Å². The van der Waals surface area contributed by atoms with Crippen LogP contribution in [0.4, 0.5) is 0 Å². The van der Waals surface area contributed by atoms with Gasteiger partial charge in [-0.05, 0) is 57.4 Å². The van der Waals surface area contributed by atoms with E-state index < -0.39 is 0 Å². The Kier molecular flexibility index (Phi) is 9.11. The maximum atomic E-state index is 13.6. The second-order valence-electron chi connectivity index (χ2n) is 10.0. The van der Waals surface area contributed by atoms with Crippen LogP contribution in [0.15, 0.2) is 0 Å². The van der Waals surface area contributed by atoms with Crippen molar-refractivity contribution in [3.63, 3.8) is 0 Å². The minimum Gasteiger partial charge on any atom is -0.350 e. The minimum atomic E-state index is -0.322. The molecule has 0 aromatic rings. The van der Waals surface area contributed by atoms with Crippen LogP contribution in [-0.4, -0.2) is 108 Å². The topological polar surface area (TPSA) is 93.3 Å². The van der Waals surface area contributed by atoms with E-state index in [1.165, 1.54) is 6.42 Å².